The fourth-order valence-electron chi connectivity index (χ4n) is 2.62. The predicted octanol–water partition coefficient (Wildman–Crippen LogP) is 4.67. The Morgan fingerprint density at radius 2 is 1.74 bits per heavy atom. The Hall–Kier alpha value is -2.50. The SMILES string of the molecule is CCOc1cc(CNCc2cc(C)on2)ccc1OCc1ccccc1.Cl. The lowest BCUT2D eigenvalue weighted by Crippen LogP contribution is -2.13. The largest absolute Gasteiger partial charge is 0.490 e. The molecule has 2 aromatic carbocycles. The molecule has 1 N–H and O–H groups in total. The van der Waals surface area contributed by atoms with Crippen molar-refractivity contribution in [1.29, 1.82) is 0 Å². The van der Waals surface area contributed by atoms with Crippen LogP contribution in [0.4, 0.5) is 0 Å². The number of aryl methyl sites for hydroxylation is 1. The van der Waals surface area contributed by atoms with Crippen molar-refractivity contribution in [2.24, 2.45) is 0 Å². The molecule has 0 aliphatic heterocycles. The summed E-state index contributed by atoms with van der Waals surface area (Å²) in [7, 11) is 0. The Morgan fingerprint density at radius 3 is 2.44 bits per heavy atom. The first-order chi connectivity index (χ1) is 12.7. The lowest BCUT2D eigenvalue weighted by atomic mass is 10.2. The number of ether oxygens (including phenoxy) is 2. The zero-order chi connectivity index (χ0) is 18.2. The molecule has 0 bridgehead atoms. The maximum Gasteiger partial charge on any atom is 0.161 e. The number of hydrogen-bond acceptors (Lipinski definition) is 5. The van der Waals surface area contributed by atoms with Crippen molar-refractivity contribution in [3.8, 4) is 11.5 Å². The molecular formula is C21H25ClN2O3. The van der Waals surface area contributed by atoms with Crippen LogP contribution in [0.5, 0.6) is 11.5 Å². The average molecular weight is 389 g/mol. The average Bonchev–Trinajstić information content (AvgIpc) is 3.07. The summed E-state index contributed by atoms with van der Waals surface area (Å²) in [5.41, 5.74) is 3.15. The Bertz CT molecular complexity index is 821. The number of nitrogens with one attached hydrogen (secondary N) is 1. The number of halogens is 1. The number of rotatable bonds is 9. The van der Waals surface area contributed by atoms with Crippen LogP contribution < -0.4 is 14.8 Å². The summed E-state index contributed by atoms with van der Waals surface area (Å²) in [5.74, 6) is 2.34. The van der Waals surface area contributed by atoms with Crippen LogP contribution >= 0.6 is 12.4 Å². The Labute approximate surface area is 166 Å². The van der Waals surface area contributed by atoms with Crippen molar-refractivity contribution in [2.45, 2.75) is 33.5 Å². The van der Waals surface area contributed by atoms with Gasteiger partial charge in [-0.3, -0.25) is 0 Å². The number of aromatic nitrogens is 1. The van der Waals surface area contributed by atoms with Crippen LogP contribution in [0.25, 0.3) is 0 Å². The van der Waals surface area contributed by atoms with Gasteiger partial charge in [-0.25, -0.2) is 0 Å². The van der Waals surface area contributed by atoms with Crippen LogP contribution in [0, 0.1) is 6.92 Å². The summed E-state index contributed by atoms with van der Waals surface area (Å²) in [6.07, 6.45) is 0. The second-order valence-corrected chi connectivity index (χ2v) is 6.02. The molecule has 0 radical (unpaired) electrons. The molecular weight excluding hydrogens is 364 g/mol. The molecule has 144 valence electrons. The van der Waals surface area contributed by atoms with Crippen LogP contribution in [0.15, 0.2) is 59.1 Å². The molecule has 0 atom stereocenters. The zero-order valence-electron chi connectivity index (χ0n) is 15.6. The van der Waals surface area contributed by atoms with Gasteiger partial charge in [-0.2, -0.15) is 0 Å². The third-order valence-electron chi connectivity index (χ3n) is 3.86. The first kappa shape index (κ1) is 20.8. The van der Waals surface area contributed by atoms with E-state index in [0.717, 1.165) is 34.1 Å². The Kier molecular flexibility index (Phi) is 8.17. The highest BCUT2D eigenvalue weighted by Crippen LogP contribution is 2.29. The van der Waals surface area contributed by atoms with Gasteiger partial charge in [-0.1, -0.05) is 41.6 Å². The van der Waals surface area contributed by atoms with E-state index in [1.807, 2.05) is 68.4 Å². The highest BCUT2D eigenvalue weighted by Gasteiger charge is 2.08. The quantitative estimate of drug-likeness (QED) is 0.577. The van der Waals surface area contributed by atoms with E-state index in [9.17, 15) is 0 Å². The highest BCUT2D eigenvalue weighted by molar-refractivity contribution is 5.85. The molecule has 1 aromatic heterocycles. The molecule has 0 saturated carbocycles. The van der Waals surface area contributed by atoms with E-state index in [4.69, 9.17) is 14.0 Å². The van der Waals surface area contributed by atoms with Crippen molar-refractivity contribution in [1.82, 2.24) is 10.5 Å². The lowest BCUT2D eigenvalue weighted by Gasteiger charge is -2.14. The molecule has 1 heterocycles. The second-order valence-electron chi connectivity index (χ2n) is 6.02. The molecule has 0 fully saturated rings. The number of hydrogen-bond donors (Lipinski definition) is 1. The smallest absolute Gasteiger partial charge is 0.161 e. The van der Waals surface area contributed by atoms with Crippen LogP contribution in [-0.2, 0) is 19.7 Å². The van der Waals surface area contributed by atoms with Crippen molar-refractivity contribution in [3.05, 3.63) is 77.2 Å². The van der Waals surface area contributed by atoms with Gasteiger partial charge in [-0.15, -0.1) is 12.4 Å². The fourth-order valence-corrected chi connectivity index (χ4v) is 2.62. The zero-order valence-corrected chi connectivity index (χ0v) is 16.4. The third-order valence-corrected chi connectivity index (χ3v) is 3.86. The minimum absolute atomic E-state index is 0. The number of benzene rings is 2. The first-order valence-corrected chi connectivity index (χ1v) is 8.80. The van der Waals surface area contributed by atoms with Crippen molar-refractivity contribution in [3.63, 3.8) is 0 Å². The van der Waals surface area contributed by atoms with E-state index in [1.54, 1.807) is 0 Å². The van der Waals surface area contributed by atoms with Gasteiger partial charge >= 0.3 is 0 Å². The number of nitrogens with zero attached hydrogens (tertiary/aromatic N) is 1. The predicted molar refractivity (Wildman–Crippen MR) is 107 cm³/mol. The van der Waals surface area contributed by atoms with Gasteiger partial charge in [0.15, 0.2) is 11.5 Å². The van der Waals surface area contributed by atoms with Crippen LogP contribution in [-0.4, -0.2) is 11.8 Å². The molecule has 3 aromatic rings. The van der Waals surface area contributed by atoms with Crippen molar-refractivity contribution >= 4 is 12.4 Å². The molecule has 0 saturated heterocycles. The van der Waals surface area contributed by atoms with Gasteiger partial charge < -0.3 is 19.3 Å². The molecule has 0 amide bonds. The van der Waals surface area contributed by atoms with E-state index in [1.165, 1.54) is 0 Å². The van der Waals surface area contributed by atoms with E-state index in [2.05, 4.69) is 10.5 Å². The van der Waals surface area contributed by atoms with Gasteiger partial charge in [0.1, 0.15) is 12.4 Å². The summed E-state index contributed by atoms with van der Waals surface area (Å²) in [6.45, 7) is 6.34. The monoisotopic (exact) mass is 388 g/mol. The first-order valence-electron chi connectivity index (χ1n) is 8.80. The highest BCUT2D eigenvalue weighted by atomic mass is 35.5. The van der Waals surface area contributed by atoms with Crippen LogP contribution in [0.3, 0.4) is 0 Å². The minimum Gasteiger partial charge on any atom is -0.490 e. The normalized spacial score (nSPS) is 10.3. The topological polar surface area (TPSA) is 56.5 Å². The van der Waals surface area contributed by atoms with Gasteiger partial charge in [0.2, 0.25) is 0 Å². The summed E-state index contributed by atoms with van der Waals surface area (Å²) in [5, 5.41) is 7.34. The molecule has 27 heavy (non-hydrogen) atoms. The summed E-state index contributed by atoms with van der Waals surface area (Å²) in [6, 6.07) is 18.1. The Balaban J connectivity index is 0.00000261. The maximum atomic E-state index is 5.94. The molecule has 5 nitrogen and oxygen atoms in total. The van der Waals surface area contributed by atoms with E-state index in [0.29, 0.717) is 26.3 Å². The second kappa shape index (κ2) is 10.6. The Morgan fingerprint density at radius 1 is 0.926 bits per heavy atom. The van der Waals surface area contributed by atoms with Gasteiger partial charge in [-0.05, 0) is 37.1 Å². The lowest BCUT2D eigenvalue weighted by molar-refractivity contribution is 0.269. The van der Waals surface area contributed by atoms with Gasteiger partial charge in [0.25, 0.3) is 0 Å². The molecule has 0 aliphatic rings. The van der Waals surface area contributed by atoms with Crippen LogP contribution in [0.2, 0.25) is 0 Å². The third kappa shape index (κ3) is 6.31. The van der Waals surface area contributed by atoms with Crippen molar-refractivity contribution in [2.75, 3.05) is 6.61 Å². The summed E-state index contributed by atoms with van der Waals surface area (Å²) < 4.78 is 16.8. The van der Waals surface area contributed by atoms with E-state index < -0.39 is 0 Å². The molecule has 6 heteroatoms. The van der Waals surface area contributed by atoms with Gasteiger partial charge in [0, 0.05) is 19.2 Å². The standard InChI is InChI=1S/C21H24N2O3.ClH/c1-3-24-21-12-18(13-22-14-19-11-16(2)26-23-19)9-10-20(21)25-15-17-7-5-4-6-8-17;/h4-12,22H,3,13-15H2,1-2H3;1H. The van der Waals surface area contributed by atoms with E-state index in [-0.39, 0.29) is 12.4 Å². The van der Waals surface area contributed by atoms with Gasteiger partial charge in [0.05, 0.1) is 12.3 Å². The van der Waals surface area contributed by atoms with Crippen molar-refractivity contribution < 1.29 is 14.0 Å². The minimum atomic E-state index is 0. The molecule has 3 rings (SSSR count). The van der Waals surface area contributed by atoms with E-state index >= 15 is 0 Å². The summed E-state index contributed by atoms with van der Waals surface area (Å²) in [4.78, 5) is 0. The molecule has 0 aliphatic carbocycles. The molecule has 0 unspecified atom stereocenters. The maximum absolute atomic E-state index is 5.94. The van der Waals surface area contributed by atoms with Crippen LogP contribution in [0.1, 0.15) is 29.5 Å². The summed E-state index contributed by atoms with van der Waals surface area (Å²) >= 11 is 0. The molecule has 0 spiro atoms. The fraction of sp³-hybridized carbons (Fsp3) is 0.286.